The van der Waals surface area contributed by atoms with Crippen molar-refractivity contribution in [1.82, 2.24) is 9.97 Å². The Morgan fingerprint density at radius 2 is 1.73 bits per heavy atom. The number of thioether (sulfide) groups is 1. The Kier molecular flexibility index (Phi) is 6.46. The summed E-state index contributed by atoms with van der Waals surface area (Å²) >= 11 is 7.47. The second-order valence-corrected chi connectivity index (χ2v) is 6.86. The van der Waals surface area contributed by atoms with E-state index in [0.29, 0.717) is 28.6 Å². The Morgan fingerprint density at radius 1 is 1.04 bits per heavy atom. The molecule has 1 amide bonds. The van der Waals surface area contributed by atoms with E-state index in [0.717, 1.165) is 4.90 Å². The highest BCUT2D eigenvalue weighted by molar-refractivity contribution is 7.99. The first kappa shape index (κ1) is 18.2. The maximum atomic E-state index is 12.0. The molecular formula is C19H16ClN3O2S. The Hall–Kier alpha value is -2.57. The molecule has 0 spiro atoms. The van der Waals surface area contributed by atoms with Crippen LogP contribution in [0.2, 0.25) is 5.02 Å². The van der Waals surface area contributed by atoms with Crippen LogP contribution in [0.5, 0.6) is 11.8 Å². The molecule has 0 aliphatic heterocycles. The second-order valence-electron chi connectivity index (χ2n) is 5.26. The van der Waals surface area contributed by atoms with Crippen molar-refractivity contribution in [2.45, 2.75) is 11.3 Å². The van der Waals surface area contributed by atoms with Crippen LogP contribution in [-0.2, 0) is 4.79 Å². The maximum Gasteiger partial charge on any atom is 0.321 e. The average Bonchev–Trinajstić information content (AvgIpc) is 2.66. The third-order valence-electron chi connectivity index (χ3n) is 3.30. The number of hydrogen-bond donors (Lipinski definition) is 1. The van der Waals surface area contributed by atoms with E-state index in [1.807, 2.05) is 24.3 Å². The molecule has 26 heavy (non-hydrogen) atoms. The fourth-order valence-corrected chi connectivity index (χ4v) is 3.04. The van der Waals surface area contributed by atoms with Crippen molar-refractivity contribution in [3.63, 3.8) is 0 Å². The molecule has 0 saturated carbocycles. The van der Waals surface area contributed by atoms with Crippen molar-refractivity contribution < 1.29 is 9.53 Å². The van der Waals surface area contributed by atoms with Gasteiger partial charge in [-0.25, -0.2) is 9.97 Å². The molecule has 1 aromatic heterocycles. The summed E-state index contributed by atoms with van der Waals surface area (Å²) in [6.07, 6.45) is 3.64. The van der Waals surface area contributed by atoms with E-state index in [4.69, 9.17) is 16.3 Å². The zero-order chi connectivity index (χ0) is 18.2. The van der Waals surface area contributed by atoms with E-state index in [-0.39, 0.29) is 11.9 Å². The lowest BCUT2D eigenvalue weighted by Crippen LogP contribution is -2.12. The van der Waals surface area contributed by atoms with Crippen LogP contribution in [0.1, 0.15) is 6.42 Å². The molecule has 1 N–H and O–H groups in total. The van der Waals surface area contributed by atoms with Crippen LogP contribution in [0.25, 0.3) is 0 Å². The van der Waals surface area contributed by atoms with Gasteiger partial charge in [0.25, 0.3) is 0 Å². The minimum absolute atomic E-state index is 0.0356. The number of halogens is 1. The van der Waals surface area contributed by atoms with Crippen molar-refractivity contribution in [3.8, 4) is 11.8 Å². The van der Waals surface area contributed by atoms with Gasteiger partial charge in [0.05, 0.1) is 0 Å². The second kappa shape index (κ2) is 9.22. The first-order valence-electron chi connectivity index (χ1n) is 7.92. The number of nitrogens with one attached hydrogen (secondary N) is 1. The normalized spacial score (nSPS) is 10.3. The van der Waals surface area contributed by atoms with E-state index in [2.05, 4.69) is 15.3 Å². The molecule has 0 atom stereocenters. The number of hydrogen-bond acceptors (Lipinski definition) is 5. The average molecular weight is 386 g/mol. The minimum Gasteiger partial charge on any atom is -0.424 e. The van der Waals surface area contributed by atoms with Gasteiger partial charge in [0, 0.05) is 40.2 Å². The lowest BCUT2D eigenvalue weighted by molar-refractivity contribution is -0.115. The van der Waals surface area contributed by atoms with E-state index < -0.39 is 0 Å². The molecule has 3 aromatic rings. The zero-order valence-corrected chi connectivity index (χ0v) is 15.3. The van der Waals surface area contributed by atoms with Gasteiger partial charge in [0.2, 0.25) is 5.91 Å². The molecule has 7 heteroatoms. The van der Waals surface area contributed by atoms with Crippen molar-refractivity contribution >= 4 is 35.0 Å². The number of ether oxygens (including phenoxy) is 1. The van der Waals surface area contributed by atoms with Crippen LogP contribution in [0, 0.1) is 0 Å². The number of carbonyl (C=O) groups excluding carboxylic acids is 1. The van der Waals surface area contributed by atoms with E-state index in [9.17, 15) is 4.79 Å². The van der Waals surface area contributed by atoms with Gasteiger partial charge in [-0.1, -0.05) is 11.6 Å². The summed E-state index contributed by atoms with van der Waals surface area (Å²) in [5.74, 6) is 1.26. The lowest BCUT2D eigenvalue weighted by atomic mass is 10.3. The lowest BCUT2D eigenvalue weighted by Gasteiger charge is -2.07. The van der Waals surface area contributed by atoms with Gasteiger partial charge >= 0.3 is 6.01 Å². The molecule has 0 aliphatic carbocycles. The summed E-state index contributed by atoms with van der Waals surface area (Å²) in [6.45, 7) is 0. The molecule has 1 heterocycles. The predicted octanol–water partition coefficient (Wildman–Crippen LogP) is 5.04. The van der Waals surface area contributed by atoms with Crippen LogP contribution in [0.3, 0.4) is 0 Å². The number of carbonyl (C=O) groups is 1. The number of amides is 1. The highest BCUT2D eigenvalue weighted by Gasteiger charge is 2.05. The quantitative estimate of drug-likeness (QED) is 0.577. The van der Waals surface area contributed by atoms with Crippen LogP contribution in [0.4, 0.5) is 5.69 Å². The third kappa shape index (κ3) is 5.75. The van der Waals surface area contributed by atoms with Gasteiger partial charge in [-0.3, -0.25) is 4.79 Å². The summed E-state index contributed by atoms with van der Waals surface area (Å²) in [5, 5.41) is 3.57. The van der Waals surface area contributed by atoms with Crippen molar-refractivity contribution in [2.75, 3.05) is 11.1 Å². The van der Waals surface area contributed by atoms with Gasteiger partial charge in [-0.2, -0.15) is 0 Å². The fourth-order valence-electron chi connectivity index (χ4n) is 2.07. The molecule has 0 radical (unpaired) electrons. The number of aromatic nitrogens is 2. The Bertz CT molecular complexity index is 843. The Balaban J connectivity index is 1.44. The highest BCUT2D eigenvalue weighted by atomic mass is 35.5. The van der Waals surface area contributed by atoms with Gasteiger partial charge in [-0.05, 0) is 54.6 Å². The number of benzene rings is 2. The monoisotopic (exact) mass is 385 g/mol. The molecule has 0 fully saturated rings. The van der Waals surface area contributed by atoms with Crippen molar-refractivity contribution in [2.24, 2.45) is 0 Å². The summed E-state index contributed by atoms with van der Waals surface area (Å²) in [5.41, 5.74) is 0.716. The van der Waals surface area contributed by atoms with Gasteiger partial charge in [0.15, 0.2) is 0 Å². The van der Waals surface area contributed by atoms with Gasteiger partial charge in [-0.15, -0.1) is 11.8 Å². The molecule has 0 unspecified atom stereocenters. The minimum atomic E-state index is -0.0356. The molecule has 0 bridgehead atoms. The van der Waals surface area contributed by atoms with Crippen LogP contribution in [-0.4, -0.2) is 21.6 Å². The first-order chi connectivity index (χ1) is 12.7. The molecule has 5 nitrogen and oxygen atoms in total. The van der Waals surface area contributed by atoms with Crippen LogP contribution >= 0.6 is 23.4 Å². The smallest absolute Gasteiger partial charge is 0.321 e. The fraction of sp³-hybridized carbons (Fsp3) is 0.105. The summed E-state index contributed by atoms with van der Waals surface area (Å²) < 4.78 is 5.51. The molecule has 132 valence electrons. The van der Waals surface area contributed by atoms with E-state index >= 15 is 0 Å². The summed E-state index contributed by atoms with van der Waals surface area (Å²) in [6, 6.07) is 16.6. The SMILES string of the molecule is O=C(CCSc1ccc(Cl)cc1)Nc1ccc(Oc2ncccn2)cc1. The third-order valence-corrected chi connectivity index (χ3v) is 4.57. The van der Waals surface area contributed by atoms with Crippen molar-refractivity contribution in [3.05, 3.63) is 72.0 Å². The van der Waals surface area contributed by atoms with E-state index in [1.165, 1.54) is 0 Å². The summed E-state index contributed by atoms with van der Waals surface area (Å²) in [7, 11) is 0. The first-order valence-corrected chi connectivity index (χ1v) is 9.28. The number of nitrogens with zero attached hydrogens (tertiary/aromatic N) is 2. The largest absolute Gasteiger partial charge is 0.424 e. The molecule has 0 saturated heterocycles. The predicted molar refractivity (Wildman–Crippen MR) is 104 cm³/mol. The number of anilines is 1. The van der Waals surface area contributed by atoms with Crippen molar-refractivity contribution in [1.29, 1.82) is 0 Å². The van der Waals surface area contributed by atoms with Crippen LogP contribution in [0.15, 0.2) is 71.9 Å². The Labute approximate surface area is 160 Å². The molecule has 3 rings (SSSR count). The van der Waals surface area contributed by atoms with Gasteiger partial charge in [0.1, 0.15) is 5.75 Å². The summed E-state index contributed by atoms with van der Waals surface area (Å²) in [4.78, 5) is 21.1. The van der Waals surface area contributed by atoms with E-state index in [1.54, 1.807) is 54.5 Å². The highest BCUT2D eigenvalue weighted by Crippen LogP contribution is 2.22. The number of rotatable bonds is 7. The molecular weight excluding hydrogens is 370 g/mol. The standard InChI is InChI=1S/C19H16ClN3O2S/c20-14-2-8-17(9-3-14)26-13-10-18(24)23-15-4-6-16(7-5-15)25-19-21-11-1-12-22-19/h1-9,11-12H,10,13H2,(H,23,24). The zero-order valence-electron chi connectivity index (χ0n) is 13.8. The molecule has 2 aromatic carbocycles. The Morgan fingerprint density at radius 3 is 2.42 bits per heavy atom. The van der Waals surface area contributed by atoms with Crippen LogP contribution < -0.4 is 10.1 Å². The molecule has 0 aliphatic rings. The maximum absolute atomic E-state index is 12.0. The van der Waals surface area contributed by atoms with Gasteiger partial charge < -0.3 is 10.1 Å². The topological polar surface area (TPSA) is 64.1 Å².